The van der Waals surface area contributed by atoms with Gasteiger partial charge < -0.3 is 4.42 Å². The van der Waals surface area contributed by atoms with E-state index >= 15 is 0 Å². The molecule has 2 aromatic rings. The van der Waals surface area contributed by atoms with Gasteiger partial charge in [-0.05, 0) is 18.6 Å². The van der Waals surface area contributed by atoms with Gasteiger partial charge in [-0.25, -0.2) is 4.98 Å². The van der Waals surface area contributed by atoms with Crippen molar-refractivity contribution in [2.75, 3.05) is 5.75 Å². The van der Waals surface area contributed by atoms with Gasteiger partial charge in [0.25, 0.3) is 5.22 Å². The number of unbranched alkanes of at least 4 members (excludes halogenated alkanes) is 7. The van der Waals surface area contributed by atoms with Gasteiger partial charge in [0.05, 0.1) is 0 Å². The molecule has 0 saturated carbocycles. The molecule has 0 spiro atoms. The molecule has 1 aromatic carbocycles. The standard InChI is InChI=1S/C17H25NOS2/c1-2-3-4-5-6-7-8-11-14-20-21-17-18-15-12-9-10-13-16(15)19-17/h9-10,12-13H,2-8,11,14H2,1H3. The first-order chi connectivity index (χ1) is 10.4. The summed E-state index contributed by atoms with van der Waals surface area (Å²) < 4.78 is 5.68. The van der Waals surface area contributed by atoms with Crippen molar-refractivity contribution in [3.8, 4) is 0 Å². The molecule has 0 radical (unpaired) electrons. The first kappa shape index (κ1) is 16.8. The van der Waals surface area contributed by atoms with Crippen LogP contribution in [0.5, 0.6) is 0 Å². The van der Waals surface area contributed by atoms with Gasteiger partial charge >= 0.3 is 0 Å². The van der Waals surface area contributed by atoms with Gasteiger partial charge in [0.15, 0.2) is 5.58 Å². The maximum atomic E-state index is 5.68. The quantitative estimate of drug-likeness (QED) is 0.339. The third kappa shape index (κ3) is 6.35. The smallest absolute Gasteiger partial charge is 0.267 e. The van der Waals surface area contributed by atoms with E-state index in [2.05, 4.69) is 11.9 Å². The van der Waals surface area contributed by atoms with Crippen molar-refractivity contribution in [2.45, 2.75) is 63.5 Å². The molecule has 0 aliphatic carbocycles. The van der Waals surface area contributed by atoms with Gasteiger partial charge in [-0.15, -0.1) is 0 Å². The van der Waals surface area contributed by atoms with Crippen LogP contribution in [-0.4, -0.2) is 10.7 Å². The molecule has 0 atom stereocenters. The highest BCUT2D eigenvalue weighted by Crippen LogP contribution is 2.33. The second-order valence-electron chi connectivity index (χ2n) is 5.33. The fourth-order valence-electron chi connectivity index (χ4n) is 2.27. The Hall–Kier alpha value is -0.610. The van der Waals surface area contributed by atoms with Crippen LogP contribution >= 0.6 is 21.6 Å². The SMILES string of the molecule is CCCCCCCCCCSSc1nc2ccccc2o1. The Morgan fingerprint density at radius 2 is 1.67 bits per heavy atom. The number of para-hydroxylation sites is 2. The third-order valence-electron chi connectivity index (χ3n) is 3.49. The molecule has 116 valence electrons. The molecule has 0 amide bonds. The molecule has 1 aromatic heterocycles. The van der Waals surface area contributed by atoms with Crippen molar-refractivity contribution in [1.29, 1.82) is 0 Å². The van der Waals surface area contributed by atoms with E-state index in [1.54, 1.807) is 10.8 Å². The van der Waals surface area contributed by atoms with Crippen molar-refractivity contribution in [3.05, 3.63) is 24.3 Å². The number of hydrogen-bond acceptors (Lipinski definition) is 4. The highest BCUT2D eigenvalue weighted by molar-refractivity contribution is 8.76. The summed E-state index contributed by atoms with van der Waals surface area (Å²) in [7, 11) is 3.51. The predicted octanol–water partition coefficient (Wildman–Crippen LogP) is 6.71. The minimum absolute atomic E-state index is 0.778. The van der Waals surface area contributed by atoms with Crippen LogP contribution in [0.25, 0.3) is 11.1 Å². The number of rotatable bonds is 11. The van der Waals surface area contributed by atoms with Crippen molar-refractivity contribution >= 4 is 32.7 Å². The Balaban J connectivity index is 1.50. The van der Waals surface area contributed by atoms with Crippen LogP contribution < -0.4 is 0 Å². The van der Waals surface area contributed by atoms with Crippen molar-refractivity contribution < 1.29 is 4.42 Å². The van der Waals surface area contributed by atoms with E-state index in [4.69, 9.17) is 4.42 Å². The Morgan fingerprint density at radius 3 is 2.43 bits per heavy atom. The summed E-state index contributed by atoms with van der Waals surface area (Å²) in [4.78, 5) is 4.46. The fraction of sp³-hybridized carbons (Fsp3) is 0.588. The maximum absolute atomic E-state index is 5.68. The second-order valence-corrected chi connectivity index (χ2v) is 7.69. The summed E-state index contributed by atoms with van der Waals surface area (Å²) >= 11 is 0. The lowest BCUT2D eigenvalue weighted by Crippen LogP contribution is -1.82. The molecule has 0 aliphatic heterocycles. The molecular formula is C17H25NOS2. The van der Waals surface area contributed by atoms with E-state index in [1.165, 1.54) is 57.1 Å². The number of benzene rings is 1. The topological polar surface area (TPSA) is 26.0 Å². The van der Waals surface area contributed by atoms with Gasteiger partial charge in [-0.3, -0.25) is 0 Å². The highest BCUT2D eigenvalue weighted by Gasteiger charge is 2.05. The highest BCUT2D eigenvalue weighted by atomic mass is 33.1. The Labute approximate surface area is 135 Å². The predicted molar refractivity (Wildman–Crippen MR) is 94.9 cm³/mol. The molecule has 0 saturated heterocycles. The van der Waals surface area contributed by atoms with Crippen LogP contribution in [-0.2, 0) is 0 Å². The van der Waals surface area contributed by atoms with Crippen LogP contribution in [0.4, 0.5) is 0 Å². The summed E-state index contributed by atoms with van der Waals surface area (Å²) in [6.07, 6.45) is 11.0. The van der Waals surface area contributed by atoms with Crippen LogP contribution in [0.1, 0.15) is 58.3 Å². The molecule has 0 bridgehead atoms. The van der Waals surface area contributed by atoms with Gasteiger partial charge in [0.1, 0.15) is 5.52 Å². The normalized spacial score (nSPS) is 11.3. The number of fused-ring (bicyclic) bond motifs is 1. The summed E-state index contributed by atoms with van der Waals surface area (Å²) in [5.74, 6) is 1.18. The Bertz CT molecular complexity index is 479. The first-order valence-electron chi connectivity index (χ1n) is 8.05. The number of aromatic nitrogens is 1. The van der Waals surface area contributed by atoms with Crippen LogP contribution in [0.15, 0.2) is 33.9 Å². The van der Waals surface area contributed by atoms with Crippen LogP contribution in [0, 0.1) is 0 Å². The number of nitrogens with zero attached hydrogens (tertiary/aromatic N) is 1. The summed E-state index contributed by atoms with van der Waals surface area (Å²) in [5.41, 5.74) is 1.83. The number of hydrogen-bond donors (Lipinski definition) is 0. The van der Waals surface area contributed by atoms with Gasteiger partial charge in [-0.2, -0.15) is 0 Å². The lowest BCUT2D eigenvalue weighted by Gasteiger charge is -2.00. The first-order valence-corrected chi connectivity index (χ1v) is 10.4. The molecule has 2 rings (SSSR count). The molecular weight excluding hydrogens is 298 g/mol. The maximum Gasteiger partial charge on any atom is 0.267 e. The van der Waals surface area contributed by atoms with E-state index in [-0.39, 0.29) is 0 Å². The Morgan fingerprint density at radius 1 is 0.952 bits per heavy atom. The number of oxazole rings is 1. The van der Waals surface area contributed by atoms with E-state index in [1.807, 2.05) is 35.1 Å². The largest absolute Gasteiger partial charge is 0.431 e. The summed E-state index contributed by atoms with van der Waals surface area (Å²) in [5, 5.41) is 0.778. The minimum Gasteiger partial charge on any atom is -0.431 e. The van der Waals surface area contributed by atoms with Gasteiger partial charge in [-0.1, -0.05) is 74.8 Å². The zero-order valence-electron chi connectivity index (χ0n) is 12.8. The lowest BCUT2D eigenvalue weighted by molar-refractivity contribution is 0.491. The Kier molecular flexibility index (Phi) is 8.12. The second kappa shape index (κ2) is 10.2. The molecule has 0 unspecified atom stereocenters. The molecule has 0 fully saturated rings. The van der Waals surface area contributed by atoms with Crippen molar-refractivity contribution in [1.82, 2.24) is 4.98 Å². The van der Waals surface area contributed by atoms with Crippen LogP contribution in [0.2, 0.25) is 0 Å². The third-order valence-corrected chi connectivity index (χ3v) is 5.66. The van der Waals surface area contributed by atoms with E-state index in [9.17, 15) is 0 Å². The van der Waals surface area contributed by atoms with Gasteiger partial charge in [0, 0.05) is 16.5 Å². The van der Waals surface area contributed by atoms with Crippen molar-refractivity contribution in [2.24, 2.45) is 0 Å². The lowest BCUT2D eigenvalue weighted by atomic mass is 10.1. The van der Waals surface area contributed by atoms with Crippen molar-refractivity contribution in [3.63, 3.8) is 0 Å². The monoisotopic (exact) mass is 323 g/mol. The molecule has 1 heterocycles. The zero-order valence-corrected chi connectivity index (χ0v) is 14.5. The van der Waals surface area contributed by atoms with E-state index in [0.29, 0.717) is 0 Å². The summed E-state index contributed by atoms with van der Waals surface area (Å²) in [6.45, 7) is 2.27. The molecule has 4 heteroatoms. The molecule has 0 aliphatic rings. The molecule has 21 heavy (non-hydrogen) atoms. The van der Waals surface area contributed by atoms with Gasteiger partial charge in [0.2, 0.25) is 0 Å². The van der Waals surface area contributed by atoms with E-state index in [0.717, 1.165) is 16.3 Å². The average Bonchev–Trinajstić information content (AvgIpc) is 2.92. The summed E-state index contributed by atoms with van der Waals surface area (Å²) in [6, 6.07) is 7.93. The zero-order chi connectivity index (χ0) is 14.8. The molecule has 0 N–H and O–H groups in total. The van der Waals surface area contributed by atoms with Crippen LogP contribution in [0.3, 0.4) is 0 Å². The van der Waals surface area contributed by atoms with E-state index < -0.39 is 0 Å². The molecule has 2 nitrogen and oxygen atoms in total. The minimum atomic E-state index is 0.778. The average molecular weight is 324 g/mol. The fourth-order valence-corrected chi connectivity index (χ4v) is 4.16.